The maximum atomic E-state index is 14.0. The fraction of sp³-hybridized carbons (Fsp3) is 0.0769. The molecule has 19 heavy (non-hydrogen) atoms. The molecule has 0 spiro atoms. The zero-order valence-electron chi connectivity index (χ0n) is 9.86. The average molecular weight is 280 g/mol. The molecule has 0 atom stereocenters. The highest BCUT2D eigenvalue weighted by Gasteiger charge is 2.10. The summed E-state index contributed by atoms with van der Waals surface area (Å²) >= 11 is 5.76. The average Bonchev–Trinajstić information content (AvgIpc) is 2.37. The lowest BCUT2D eigenvalue weighted by Crippen LogP contribution is -2.14. The molecular formula is C13H11ClFN3O. The fourth-order valence-corrected chi connectivity index (χ4v) is 1.70. The fourth-order valence-electron chi connectivity index (χ4n) is 1.53. The highest BCUT2D eigenvalue weighted by atomic mass is 35.5. The third kappa shape index (κ3) is 3.20. The lowest BCUT2D eigenvalue weighted by atomic mass is 10.1. The number of amidine groups is 1. The summed E-state index contributed by atoms with van der Waals surface area (Å²) in [7, 11) is 0. The number of nitrogens with one attached hydrogen (secondary N) is 1. The molecule has 3 N–H and O–H groups in total. The summed E-state index contributed by atoms with van der Waals surface area (Å²) in [5, 5.41) is 7.71. The minimum Gasteiger partial charge on any atom is -0.487 e. The molecule has 0 saturated heterocycles. The van der Waals surface area contributed by atoms with Crippen LogP contribution in [0, 0.1) is 11.2 Å². The Morgan fingerprint density at radius 2 is 2.21 bits per heavy atom. The summed E-state index contributed by atoms with van der Waals surface area (Å²) in [5.41, 5.74) is 5.66. The molecule has 98 valence electrons. The van der Waals surface area contributed by atoms with E-state index in [1.165, 1.54) is 18.5 Å². The number of rotatable bonds is 4. The molecule has 0 radical (unpaired) electrons. The Morgan fingerprint density at radius 3 is 2.89 bits per heavy atom. The van der Waals surface area contributed by atoms with Gasteiger partial charge in [0, 0.05) is 17.8 Å². The molecule has 2 rings (SSSR count). The van der Waals surface area contributed by atoms with Crippen LogP contribution in [0.15, 0.2) is 36.7 Å². The molecule has 0 amide bonds. The predicted molar refractivity (Wildman–Crippen MR) is 71.0 cm³/mol. The third-order valence-corrected chi connectivity index (χ3v) is 2.65. The predicted octanol–water partition coefficient (Wildman–Crippen LogP) is 2.74. The standard InChI is InChI=1S/C13H11ClFN3O/c14-9-4-10(6-18-5-9)19-7-8-2-1-3-11(12(8)15)13(16)17/h1-6H,7H2,(H3,16,17). The van der Waals surface area contributed by atoms with Crippen molar-refractivity contribution in [1.82, 2.24) is 4.98 Å². The Bertz CT molecular complexity index is 619. The van der Waals surface area contributed by atoms with Crippen molar-refractivity contribution in [2.75, 3.05) is 0 Å². The van der Waals surface area contributed by atoms with Crippen molar-refractivity contribution in [1.29, 1.82) is 5.41 Å². The molecule has 1 heterocycles. The number of nitrogen functional groups attached to an aromatic ring is 1. The van der Waals surface area contributed by atoms with Gasteiger partial charge < -0.3 is 10.5 Å². The third-order valence-electron chi connectivity index (χ3n) is 2.44. The maximum Gasteiger partial charge on any atom is 0.140 e. The van der Waals surface area contributed by atoms with Gasteiger partial charge in [0.15, 0.2) is 0 Å². The van der Waals surface area contributed by atoms with Crippen LogP contribution in [0.5, 0.6) is 5.75 Å². The van der Waals surface area contributed by atoms with Crippen molar-refractivity contribution in [2.24, 2.45) is 5.73 Å². The van der Waals surface area contributed by atoms with Gasteiger partial charge in [-0.1, -0.05) is 23.7 Å². The molecule has 0 saturated carbocycles. The molecule has 0 aliphatic carbocycles. The highest BCUT2D eigenvalue weighted by molar-refractivity contribution is 6.30. The minimum atomic E-state index is -0.551. The molecule has 6 heteroatoms. The van der Waals surface area contributed by atoms with E-state index in [-0.39, 0.29) is 18.0 Å². The van der Waals surface area contributed by atoms with Gasteiger partial charge in [-0.2, -0.15) is 0 Å². The number of nitrogens with two attached hydrogens (primary N) is 1. The topological polar surface area (TPSA) is 72.0 Å². The molecule has 1 aromatic carbocycles. The first kappa shape index (κ1) is 13.3. The van der Waals surface area contributed by atoms with Crippen LogP contribution < -0.4 is 10.5 Å². The zero-order chi connectivity index (χ0) is 13.8. The van der Waals surface area contributed by atoms with Crippen LogP contribution in [-0.2, 0) is 6.61 Å². The Balaban J connectivity index is 2.16. The van der Waals surface area contributed by atoms with Crippen molar-refractivity contribution < 1.29 is 9.13 Å². The van der Waals surface area contributed by atoms with E-state index in [0.717, 1.165) is 0 Å². The first-order chi connectivity index (χ1) is 9.08. The molecule has 4 nitrogen and oxygen atoms in total. The van der Waals surface area contributed by atoms with Crippen LogP contribution in [0.4, 0.5) is 4.39 Å². The smallest absolute Gasteiger partial charge is 0.140 e. The monoisotopic (exact) mass is 279 g/mol. The van der Waals surface area contributed by atoms with E-state index in [1.54, 1.807) is 18.2 Å². The van der Waals surface area contributed by atoms with Gasteiger partial charge in [0.1, 0.15) is 24.0 Å². The second-order valence-corrected chi connectivity index (χ2v) is 4.26. The summed E-state index contributed by atoms with van der Waals surface area (Å²) in [6.07, 6.45) is 2.96. The van der Waals surface area contributed by atoms with E-state index >= 15 is 0 Å². The van der Waals surface area contributed by atoms with Gasteiger partial charge in [-0.25, -0.2) is 4.39 Å². The van der Waals surface area contributed by atoms with Crippen LogP contribution in [-0.4, -0.2) is 10.8 Å². The zero-order valence-corrected chi connectivity index (χ0v) is 10.6. The first-order valence-corrected chi connectivity index (χ1v) is 5.81. The van der Waals surface area contributed by atoms with Crippen LogP contribution >= 0.6 is 11.6 Å². The Morgan fingerprint density at radius 1 is 1.42 bits per heavy atom. The van der Waals surface area contributed by atoms with Crippen molar-refractivity contribution >= 4 is 17.4 Å². The van der Waals surface area contributed by atoms with Gasteiger partial charge in [-0.3, -0.25) is 10.4 Å². The van der Waals surface area contributed by atoms with Gasteiger partial charge >= 0.3 is 0 Å². The van der Waals surface area contributed by atoms with Crippen molar-refractivity contribution in [2.45, 2.75) is 6.61 Å². The maximum absolute atomic E-state index is 14.0. The highest BCUT2D eigenvalue weighted by Crippen LogP contribution is 2.18. The number of benzene rings is 1. The molecule has 0 unspecified atom stereocenters. The quantitative estimate of drug-likeness (QED) is 0.668. The van der Waals surface area contributed by atoms with Crippen molar-refractivity contribution in [3.05, 3.63) is 58.6 Å². The van der Waals surface area contributed by atoms with Crippen LogP contribution in [0.25, 0.3) is 0 Å². The van der Waals surface area contributed by atoms with Crippen molar-refractivity contribution in [3.63, 3.8) is 0 Å². The largest absolute Gasteiger partial charge is 0.487 e. The Kier molecular flexibility index (Phi) is 3.97. The Labute approximate surface area is 114 Å². The van der Waals surface area contributed by atoms with E-state index in [4.69, 9.17) is 27.5 Å². The number of hydrogen-bond donors (Lipinski definition) is 2. The van der Waals surface area contributed by atoms with E-state index in [0.29, 0.717) is 16.3 Å². The van der Waals surface area contributed by atoms with Crippen LogP contribution in [0.1, 0.15) is 11.1 Å². The second-order valence-electron chi connectivity index (χ2n) is 3.82. The molecule has 0 aliphatic rings. The second kappa shape index (κ2) is 5.67. The van der Waals surface area contributed by atoms with E-state index in [1.807, 2.05) is 0 Å². The molecule has 1 aromatic heterocycles. The summed E-state index contributed by atoms with van der Waals surface area (Å²) in [4.78, 5) is 3.86. The number of hydrogen-bond acceptors (Lipinski definition) is 3. The number of aromatic nitrogens is 1. The van der Waals surface area contributed by atoms with Crippen LogP contribution in [0.2, 0.25) is 5.02 Å². The van der Waals surface area contributed by atoms with Gasteiger partial charge in [-0.15, -0.1) is 0 Å². The van der Waals surface area contributed by atoms with Gasteiger partial charge in [0.05, 0.1) is 16.8 Å². The Hall–Kier alpha value is -2.14. The van der Waals surface area contributed by atoms with Gasteiger partial charge in [0.2, 0.25) is 0 Å². The summed E-state index contributed by atoms with van der Waals surface area (Å²) in [6, 6.07) is 6.22. The normalized spacial score (nSPS) is 10.2. The number of ether oxygens (including phenoxy) is 1. The van der Waals surface area contributed by atoms with Gasteiger partial charge in [-0.05, 0) is 6.07 Å². The summed E-state index contributed by atoms with van der Waals surface area (Å²) < 4.78 is 19.4. The van der Waals surface area contributed by atoms with E-state index in [2.05, 4.69) is 4.98 Å². The molecule has 2 aromatic rings. The number of nitrogens with zero attached hydrogens (tertiary/aromatic N) is 1. The lowest BCUT2D eigenvalue weighted by Gasteiger charge is -2.09. The SMILES string of the molecule is N=C(N)c1cccc(COc2cncc(Cl)c2)c1F. The number of pyridine rings is 1. The molecule has 0 fully saturated rings. The van der Waals surface area contributed by atoms with E-state index < -0.39 is 5.82 Å². The molecular weight excluding hydrogens is 269 g/mol. The molecule has 0 aliphatic heterocycles. The lowest BCUT2D eigenvalue weighted by molar-refractivity contribution is 0.298. The summed E-state index contributed by atoms with van der Waals surface area (Å²) in [6.45, 7) is 0.00890. The van der Waals surface area contributed by atoms with E-state index in [9.17, 15) is 4.39 Å². The van der Waals surface area contributed by atoms with Crippen molar-refractivity contribution in [3.8, 4) is 5.75 Å². The van der Waals surface area contributed by atoms with Crippen LogP contribution in [0.3, 0.4) is 0 Å². The minimum absolute atomic E-state index is 0.00890. The first-order valence-electron chi connectivity index (χ1n) is 5.43. The summed E-state index contributed by atoms with van der Waals surface area (Å²) in [5.74, 6) is -0.422. The van der Waals surface area contributed by atoms with Gasteiger partial charge in [0.25, 0.3) is 0 Å². The number of halogens is 2. The molecule has 0 bridgehead atoms.